The van der Waals surface area contributed by atoms with Crippen molar-refractivity contribution in [3.8, 4) is 11.5 Å². The summed E-state index contributed by atoms with van der Waals surface area (Å²) in [5.41, 5.74) is 7.86. The average molecular weight is 219 g/mol. The fraction of sp³-hybridized carbons (Fsp3) is 0.385. The van der Waals surface area contributed by atoms with Gasteiger partial charge in [0.15, 0.2) is 11.5 Å². The van der Waals surface area contributed by atoms with Gasteiger partial charge in [-0.15, -0.1) is 0 Å². The fourth-order valence-electron chi connectivity index (χ4n) is 1.77. The predicted molar refractivity (Wildman–Crippen MR) is 64.7 cm³/mol. The Bertz CT molecular complexity index is 399. The lowest BCUT2D eigenvalue weighted by Gasteiger charge is -2.19. The zero-order chi connectivity index (χ0) is 11.5. The van der Waals surface area contributed by atoms with Crippen LogP contribution in [0.15, 0.2) is 24.8 Å². The second-order valence-electron chi connectivity index (χ2n) is 4.14. The van der Waals surface area contributed by atoms with Crippen LogP contribution < -0.4 is 15.2 Å². The Morgan fingerprint density at radius 1 is 1.38 bits per heavy atom. The molecule has 86 valence electrons. The molecule has 1 aliphatic heterocycles. The van der Waals surface area contributed by atoms with Crippen LogP contribution in [-0.4, -0.2) is 19.3 Å². The number of nitrogens with two attached hydrogens (primary N) is 1. The van der Waals surface area contributed by atoms with Gasteiger partial charge >= 0.3 is 0 Å². The first-order valence-electron chi connectivity index (χ1n) is 5.50. The van der Waals surface area contributed by atoms with Gasteiger partial charge in [-0.2, -0.15) is 0 Å². The summed E-state index contributed by atoms with van der Waals surface area (Å²) in [4.78, 5) is 0. The van der Waals surface area contributed by atoms with Crippen molar-refractivity contribution in [2.24, 2.45) is 5.73 Å². The standard InChI is InChI=1S/C13H17NO2/c1-9(7-10(2)14)11-3-4-12-13(8-11)16-6-5-15-12/h3-4,8,10H,1,5-7,14H2,2H3. The Hall–Kier alpha value is -1.48. The third-order valence-electron chi connectivity index (χ3n) is 2.52. The van der Waals surface area contributed by atoms with Crippen molar-refractivity contribution >= 4 is 5.57 Å². The van der Waals surface area contributed by atoms with Crippen molar-refractivity contribution in [1.29, 1.82) is 0 Å². The molecule has 0 saturated carbocycles. The molecule has 1 heterocycles. The molecule has 0 aliphatic carbocycles. The first-order valence-corrected chi connectivity index (χ1v) is 5.50. The van der Waals surface area contributed by atoms with Gasteiger partial charge in [0.05, 0.1) is 0 Å². The molecule has 0 spiro atoms. The summed E-state index contributed by atoms with van der Waals surface area (Å²) in [6.07, 6.45) is 0.791. The van der Waals surface area contributed by atoms with Crippen molar-refractivity contribution in [2.75, 3.05) is 13.2 Å². The van der Waals surface area contributed by atoms with Crippen molar-refractivity contribution in [3.05, 3.63) is 30.3 Å². The molecule has 0 radical (unpaired) electrons. The van der Waals surface area contributed by atoms with E-state index in [1.54, 1.807) is 0 Å². The number of fused-ring (bicyclic) bond motifs is 1. The topological polar surface area (TPSA) is 44.5 Å². The first kappa shape index (κ1) is 11.0. The van der Waals surface area contributed by atoms with E-state index in [0.717, 1.165) is 29.1 Å². The summed E-state index contributed by atoms with van der Waals surface area (Å²) in [5, 5.41) is 0. The maximum absolute atomic E-state index is 5.75. The zero-order valence-electron chi connectivity index (χ0n) is 9.53. The van der Waals surface area contributed by atoms with Crippen molar-refractivity contribution < 1.29 is 9.47 Å². The van der Waals surface area contributed by atoms with Crippen LogP contribution in [0.1, 0.15) is 18.9 Å². The Kier molecular flexibility index (Phi) is 3.15. The molecule has 16 heavy (non-hydrogen) atoms. The van der Waals surface area contributed by atoms with Crippen LogP contribution in [0, 0.1) is 0 Å². The average Bonchev–Trinajstić information content (AvgIpc) is 2.27. The number of ether oxygens (including phenoxy) is 2. The van der Waals surface area contributed by atoms with Crippen LogP contribution in [-0.2, 0) is 0 Å². The van der Waals surface area contributed by atoms with Gasteiger partial charge < -0.3 is 15.2 Å². The smallest absolute Gasteiger partial charge is 0.161 e. The third-order valence-corrected chi connectivity index (χ3v) is 2.52. The maximum atomic E-state index is 5.75. The van der Waals surface area contributed by atoms with E-state index in [1.165, 1.54) is 0 Å². The molecule has 2 rings (SSSR count). The molecular formula is C13H17NO2. The Balaban J connectivity index is 2.19. The van der Waals surface area contributed by atoms with Gasteiger partial charge in [-0.25, -0.2) is 0 Å². The van der Waals surface area contributed by atoms with E-state index in [-0.39, 0.29) is 6.04 Å². The fourth-order valence-corrected chi connectivity index (χ4v) is 1.77. The van der Waals surface area contributed by atoms with Crippen molar-refractivity contribution in [3.63, 3.8) is 0 Å². The quantitative estimate of drug-likeness (QED) is 0.847. The minimum atomic E-state index is 0.126. The summed E-state index contributed by atoms with van der Waals surface area (Å²) >= 11 is 0. The molecule has 3 nitrogen and oxygen atoms in total. The van der Waals surface area contributed by atoms with Crippen LogP contribution >= 0.6 is 0 Å². The highest BCUT2D eigenvalue weighted by molar-refractivity contribution is 5.66. The molecule has 0 amide bonds. The molecule has 1 unspecified atom stereocenters. The third kappa shape index (κ3) is 2.36. The molecule has 0 bridgehead atoms. The molecule has 0 aromatic heterocycles. The molecular weight excluding hydrogens is 202 g/mol. The van der Waals surface area contributed by atoms with E-state index in [2.05, 4.69) is 6.58 Å². The minimum absolute atomic E-state index is 0.126. The zero-order valence-corrected chi connectivity index (χ0v) is 9.53. The maximum Gasteiger partial charge on any atom is 0.161 e. The summed E-state index contributed by atoms with van der Waals surface area (Å²) in [7, 11) is 0. The lowest BCUT2D eigenvalue weighted by atomic mass is 10.0. The molecule has 0 fully saturated rings. The second kappa shape index (κ2) is 4.58. The van der Waals surface area contributed by atoms with Gasteiger partial charge in [-0.05, 0) is 36.6 Å². The minimum Gasteiger partial charge on any atom is -0.486 e. The highest BCUT2D eigenvalue weighted by Gasteiger charge is 2.12. The van der Waals surface area contributed by atoms with Crippen molar-refractivity contribution in [2.45, 2.75) is 19.4 Å². The molecule has 1 aliphatic rings. The van der Waals surface area contributed by atoms with Gasteiger partial charge in [0.25, 0.3) is 0 Å². The van der Waals surface area contributed by atoms with Gasteiger partial charge in [0, 0.05) is 6.04 Å². The van der Waals surface area contributed by atoms with Crippen LogP contribution in [0.25, 0.3) is 5.57 Å². The van der Waals surface area contributed by atoms with Gasteiger partial charge in [-0.1, -0.05) is 12.6 Å². The molecule has 1 aromatic rings. The van der Waals surface area contributed by atoms with Gasteiger partial charge in [-0.3, -0.25) is 0 Å². The lowest BCUT2D eigenvalue weighted by molar-refractivity contribution is 0.171. The molecule has 1 aromatic carbocycles. The largest absolute Gasteiger partial charge is 0.486 e. The van der Waals surface area contributed by atoms with E-state index in [0.29, 0.717) is 13.2 Å². The lowest BCUT2D eigenvalue weighted by Crippen LogP contribution is -2.16. The van der Waals surface area contributed by atoms with E-state index < -0.39 is 0 Å². The van der Waals surface area contributed by atoms with Crippen LogP contribution in [0.4, 0.5) is 0 Å². The number of rotatable bonds is 3. The Morgan fingerprint density at radius 3 is 2.75 bits per heavy atom. The summed E-state index contributed by atoms with van der Waals surface area (Å²) in [5.74, 6) is 1.61. The summed E-state index contributed by atoms with van der Waals surface area (Å²) in [6.45, 7) is 7.24. The van der Waals surface area contributed by atoms with Gasteiger partial charge in [0.1, 0.15) is 13.2 Å². The monoisotopic (exact) mass is 219 g/mol. The number of benzene rings is 1. The van der Waals surface area contributed by atoms with Crippen LogP contribution in [0.3, 0.4) is 0 Å². The Labute approximate surface area is 95.9 Å². The van der Waals surface area contributed by atoms with Crippen molar-refractivity contribution in [1.82, 2.24) is 0 Å². The predicted octanol–water partition coefficient (Wildman–Crippen LogP) is 2.21. The molecule has 2 N–H and O–H groups in total. The highest BCUT2D eigenvalue weighted by Crippen LogP contribution is 2.33. The molecule has 1 atom stereocenters. The van der Waals surface area contributed by atoms with E-state index >= 15 is 0 Å². The first-order chi connectivity index (χ1) is 7.66. The number of hydrogen-bond acceptors (Lipinski definition) is 3. The van der Waals surface area contributed by atoms with E-state index in [4.69, 9.17) is 15.2 Å². The highest BCUT2D eigenvalue weighted by atomic mass is 16.6. The summed E-state index contributed by atoms with van der Waals surface area (Å²) < 4.78 is 11.0. The van der Waals surface area contributed by atoms with Gasteiger partial charge in [0.2, 0.25) is 0 Å². The molecule has 0 saturated heterocycles. The van der Waals surface area contributed by atoms with E-state index in [9.17, 15) is 0 Å². The molecule has 3 heteroatoms. The summed E-state index contributed by atoms with van der Waals surface area (Å²) in [6, 6.07) is 6.02. The SMILES string of the molecule is C=C(CC(C)N)c1ccc2c(c1)OCCO2. The van der Waals surface area contributed by atoms with E-state index in [1.807, 2.05) is 25.1 Å². The Morgan fingerprint density at radius 2 is 2.06 bits per heavy atom. The normalized spacial score (nSPS) is 15.6. The van der Waals surface area contributed by atoms with Crippen LogP contribution in [0.5, 0.6) is 11.5 Å². The number of hydrogen-bond donors (Lipinski definition) is 1. The van der Waals surface area contributed by atoms with Crippen LogP contribution in [0.2, 0.25) is 0 Å². The second-order valence-corrected chi connectivity index (χ2v) is 4.14.